The van der Waals surface area contributed by atoms with E-state index in [1.165, 1.54) is 42.4 Å². The van der Waals surface area contributed by atoms with Gasteiger partial charge < -0.3 is 4.90 Å². The molecule has 1 aromatic heterocycles. The lowest BCUT2D eigenvalue weighted by Gasteiger charge is -2.14. The van der Waals surface area contributed by atoms with Gasteiger partial charge in [-0.15, -0.1) is 0 Å². The first-order chi connectivity index (χ1) is 8.33. The first kappa shape index (κ1) is 10.8. The molecule has 1 aliphatic rings. The predicted octanol–water partition coefficient (Wildman–Crippen LogP) is 2.44. The van der Waals surface area contributed by atoms with Crippen LogP contribution in [0.15, 0.2) is 24.4 Å². The van der Waals surface area contributed by atoms with Gasteiger partial charge in [-0.3, -0.25) is 4.68 Å². The van der Waals surface area contributed by atoms with Crippen molar-refractivity contribution in [2.45, 2.75) is 26.3 Å². The Hall–Kier alpha value is -1.35. The van der Waals surface area contributed by atoms with Gasteiger partial charge in [0.25, 0.3) is 0 Å². The maximum absolute atomic E-state index is 4.49. The summed E-state index contributed by atoms with van der Waals surface area (Å²) in [5.41, 5.74) is 2.57. The molecule has 1 aromatic carbocycles. The quantitative estimate of drug-likeness (QED) is 0.806. The summed E-state index contributed by atoms with van der Waals surface area (Å²) in [5, 5.41) is 5.73. The van der Waals surface area contributed by atoms with Gasteiger partial charge in [-0.05, 0) is 44.5 Å². The third-order valence-electron chi connectivity index (χ3n) is 3.63. The minimum atomic E-state index is 1.01. The third kappa shape index (κ3) is 2.20. The summed E-state index contributed by atoms with van der Waals surface area (Å²) in [5.74, 6) is 0. The molecule has 1 saturated heterocycles. The Labute approximate surface area is 102 Å². The van der Waals surface area contributed by atoms with Crippen LogP contribution >= 0.6 is 0 Å². The molecule has 0 atom stereocenters. The zero-order valence-corrected chi connectivity index (χ0v) is 10.4. The van der Waals surface area contributed by atoms with Crippen LogP contribution in [-0.2, 0) is 6.54 Å². The second kappa shape index (κ2) is 4.49. The van der Waals surface area contributed by atoms with Crippen molar-refractivity contribution in [3.05, 3.63) is 30.0 Å². The van der Waals surface area contributed by atoms with Crippen LogP contribution in [-0.4, -0.2) is 34.3 Å². The van der Waals surface area contributed by atoms with Crippen molar-refractivity contribution in [3.63, 3.8) is 0 Å². The molecule has 3 heteroatoms. The van der Waals surface area contributed by atoms with E-state index in [1.54, 1.807) is 0 Å². The van der Waals surface area contributed by atoms with Gasteiger partial charge in [0.2, 0.25) is 0 Å². The standard InChI is InChI=1S/C14H19N3/c1-12-4-5-13-11-15-17(14(13)10-12)9-8-16-6-2-3-7-16/h4-5,10-11H,2-3,6-9H2,1H3. The zero-order valence-electron chi connectivity index (χ0n) is 10.4. The van der Waals surface area contributed by atoms with E-state index in [1.807, 2.05) is 6.20 Å². The molecule has 0 unspecified atom stereocenters. The molecule has 0 aliphatic carbocycles. The molecule has 17 heavy (non-hydrogen) atoms. The van der Waals surface area contributed by atoms with Crippen LogP contribution in [0.25, 0.3) is 10.9 Å². The Kier molecular flexibility index (Phi) is 2.85. The molecule has 3 nitrogen and oxygen atoms in total. The highest BCUT2D eigenvalue weighted by atomic mass is 15.3. The van der Waals surface area contributed by atoms with Gasteiger partial charge in [-0.2, -0.15) is 5.10 Å². The maximum atomic E-state index is 4.49. The highest BCUT2D eigenvalue weighted by molar-refractivity contribution is 5.79. The molecule has 90 valence electrons. The van der Waals surface area contributed by atoms with Gasteiger partial charge in [-0.1, -0.05) is 12.1 Å². The summed E-state index contributed by atoms with van der Waals surface area (Å²) >= 11 is 0. The number of nitrogens with zero attached hydrogens (tertiary/aromatic N) is 3. The Bertz CT molecular complexity index is 509. The molecule has 0 saturated carbocycles. The smallest absolute Gasteiger partial charge is 0.0685 e. The average molecular weight is 229 g/mol. The van der Waals surface area contributed by atoms with E-state index >= 15 is 0 Å². The molecule has 1 aliphatic heterocycles. The van der Waals surface area contributed by atoms with Crippen molar-refractivity contribution in [1.82, 2.24) is 14.7 Å². The fourth-order valence-electron chi connectivity index (χ4n) is 2.60. The average Bonchev–Trinajstić information content (AvgIpc) is 2.94. The Balaban J connectivity index is 1.77. The van der Waals surface area contributed by atoms with Crippen LogP contribution < -0.4 is 0 Å². The van der Waals surface area contributed by atoms with Crippen LogP contribution in [0.5, 0.6) is 0 Å². The number of hydrogen-bond donors (Lipinski definition) is 0. The number of aryl methyl sites for hydroxylation is 1. The molecular weight excluding hydrogens is 210 g/mol. The lowest BCUT2D eigenvalue weighted by atomic mass is 10.2. The van der Waals surface area contributed by atoms with Gasteiger partial charge in [0.05, 0.1) is 18.3 Å². The minimum absolute atomic E-state index is 1.01. The van der Waals surface area contributed by atoms with Crippen LogP contribution in [0.4, 0.5) is 0 Å². The van der Waals surface area contributed by atoms with Crippen LogP contribution in [0.2, 0.25) is 0 Å². The second-order valence-corrected chi connectivity index (χ2v) is 4.98. The highest BCUT2D eigenvalue weighted by Crippen LogP contribution is 2.15. The van der Waals surface area contributed by atoms with Crippen molar-refractivity contribution in [1.29, 1.82) is 0 Å². The second-order valence-electron chi connectivity index (χ2n) is 4.98. The fourth-order valence-corrected chi connectivity index (χ4v) is 2.60. The van der Waals surface area contributed by atoms with Gasteiger partial charge in [0.15, 0.2) is 0 Å². The number of hydrogen-bond acceptors (Lipinski definition) is 2. The molecule has 0 radical (unpaired) electrons. The molecule has 0 amide bonds. The van der Waals surface area contributed by atoms with E-state index in [4.69, 9.17) is 0 Å². The lowest BCUT2D eigenvalue weighted by Crippen LogP contribution is -2.24. The maximum Gasteiger partial charge on any atom is 0.0685 e. The Morgan fingerprint density at radius 2 is 2.00 bits per heavy atom. The number of rotatable bonds is 3. The number of benzene rings is 1. The molecule has 0 bridgehead atoms. The molecular formula is C14H19N3. The van der Waals surface area contributed by atoms with Gasteiger partial charge in [0, 0.05) is 11.9 Å². The summed E-state index contributed by atoms with van der Waals surface area (Å²) in [4.78, 5) is 2.53. The van der Waals surface area contributed by atoms with E-state index in [2.05, 4.69) is 39.8 Å². The monoisotopic (exact) mass is 229 g/mol. The first-order valence-corrected chi connectivity index (χ1v) is 6.47. The Morgan fingerprint density at radius 1 is 1.18 bits per heavy atom. The molecule has 2 heterocycles. The van der Waals surface area contributed by atoms with Crippen LogP contribution in [0.1, 0.15) is 18.4 Å². The molecule has 0 spiro atoms. The molecule has 3 rings (SSSR count). The van der Waals surface area contributed by atoms with E-state index in [-0.39, 0.29) is 0 Å². The summed E-state index contributed by atoms with van der Waals surface area (Å²) in [6.07, 6.45) is 4.69. The predicted molar refractivity (Wildman–Crippen MR) is 70.1 cm³/mol. The largest absolute Gasteiger partial charge is 0.301 e. The SMILES string of the molecule is Cc1ccc2cnn(CCN3CCCC3)c2c1. The van der Waals surface area contributed by atoms with E-state index < -0.39 is 0 Å². The number of fused-ring (bicyclic) bond motifs is 1. The van der Waals surface area contributed by atoms with Gasteiger partial charge >= 0.3 is 0 Å². The normalized spacial score (nSPS) is 17.0. The molecule has 1 fully saturated rings. The Morgan fingerprint density at radius 3 is 2.82 bits per heavy atom. The van der Waals surface area contributed by atoms with Crippen molar-refractivity contribution in [2.75, 3.05) is 19.6 Å². The zero-order chi connectivity index (χ0) is 11.7. The van der Waals surface area contributed by atoms with E-state index in [0.29, 0.717) is 0 Å². The van der Waals surface area contributed by atoms with E-state index in [0.717, 1.165) is 13.1 Å². The van der Waals surface area contributed by atoms with Gasteiger partial charge in [-0.25, -0.2) is 0 Å². The summed E-state index contributed by atoms with van der Waals surface area (Å²) in [6.45, 7) is 6.80. The van der Waals surface area contributed by atoms with Crippen molar-refractivity contribution >= 4 is 10.9 Å². The van der Waals surface area contributed by atoms with Crippen molar-refractivity contribution in [2.24, 2.45) is 0 Å². The van der Waals surface area contributed by atoms with Crippen LogP contribution in [0, 0.1) is 6.92 Å². The summed E-state index contributed by atoms with van der Waals surface area (Å²) in [7, 11) is 0. The number of aromatic nitrogens is 2. The molecule has 0 N–H and O–H groups in total. The molecule has 2 aromatic rings. The summed E-state index contributed by atoms with van der Waals surface area (Å²) < 4.78 is 2.14. The minimum Gasteiger partial charge on any atom is -0.301 e. The topological polar surface area (TPSA) is 21.1 Å². The van der Waals surface area contributed by atoms with Crippen molar-refractivity contribution in [3.8, 4) is 0 Å². The highest BCUT2D eigenvalue weighted by Gasteiger charge is 2.11. The van der Waals surface area contributed by atoms with Crippen LogP contribution in [0.3, 0.4) is 0 Å². The first-order valence-electron chi connectivity index (χ1n) is 6.47. The van der Waals surface area contributed by atoms with Gasteiger partial charge in [0.1, 0.15) is 0 Å². The lowest BCUT2D eigenvalue weighted by molar-refractivity contribution is 0.318. The fraction of sp³-hybridized carbons (Fsp3) is 0.500. The third-order valence-corrected chi connectivity index (χ3v) is 3.63. The van der Waals surface area contributed by atoms with Crippen molar-refractivity contribution < 1.29 is 0 Å². The number of likely N-dealkylation sites (tertiary alicyclic amines) is 1. The summed E-state index contributed by atoms with van der Waals surface area (Å²) in [6, 6.07) is 6.53. The van der Waals surface area contributed by atoms with E-state index in [9.17, 15) is 0 Å².